The molecule has 0 aliphatic carbocycles. The summed E-state index contributed by atoms with van der Waals surface area (Å²) in [5, 5.41) is 0. The average Bonchev–Trinajstić information content (AvgIpc) is 1.66. The molecule has 2 heteroatoms. The molecule has 48 valence electrons. The van der Waals surface area contributed by atoms with E-state index in [1.165, 1.54) is 0 Å². The van der Waals surface area contributed by atoms with Gasteiger partial charge in [0.15, 0.2) is 0 Å². The van der Waals surface area contributed by atoms with Gasteiger partial charge in [0.25, 0.3) is 0 Å². The van der Waals surface area contributed by atoms with Gasteiger partial charge in [-0.2, -0.15) is 0 Å². The fraction of sp³-hybridized carbons (Fsp3) is 0.667. The highest BCUT2D eigenvalue weighted by Crippen LogP contribution is 2.03. The van der Waals surface area contributed by atoms with Gasteiger partial charge in [-0.1, -0.05) is 25.5 Å². The van der Waals surface area contributed by atoms with Gasteiger partial charge in [0.05, 0.1) is 0 Å². The normalized spacial score (nSPS) is 11.5. The van der Waals surface area contributed by atoms with Crippen LogP contribution in [-0.2, 0) is 0 Å². The minimum Gasteiger partial charge on any atom is -0.101 e. The zero-order valence-corrected chi connectivity index (χ0v) is 6.41. The van der Waals surface area contributed by atoms with Gasteiger partial charge >= 0.3 is 0 Å². The van der Waals surface area contributed by atoms with Crippen molar-refractivity contribution in [1.82, 2.24) is 0 Å². The van der Waals surface area contributed by atoms with Crippen LogP contribution in [-0.4, -0.2) is 4.84 Å². The Bertz CT molecular complexity index is 66.9. The number of allylic oxidation sites excluding steroid dienone is 2. The minimum atomic E-state index is -0.332. The molecule has 0 spiro atoms. The van der Waals surface area contributed by atoms with Crippen molar-refractivity contribution < 1.29 is 0 Å². The Hall–Kier alpha value is 0.320. The van der Waals surface area contributed by atoms with E-state index < -0.39 is 0 Å². The molecular formula is C6H10Cl2. The van der Waals surface area contributed by atoms with E-state index in [0.29, 0.717) is 0 Å². The largest absolute Gasteiger partial charge is 0.125 e. The lowest BCUT2D eigenvalue weighted by Crippen LogP contribution is -1.74. The van der Waals surface area contributed by atoms with Gasteiger partial charge in [0.2, 0.25) is 0 Å². The number of hydrogen-bond acceptors (Lipinski definition) is 0. The summed E-state index contributed by atoms with van der Waals surface area (Å²) in [4.78, 5) is -0.332. The Morgan fingerprint density at radius 1 is 1.50 bits per heavy atom. The van der Waals surface area contributed by atoms with Crippen LogP contribution in [0, 0.1) is 0 Å². The third kappa shape index (κ3) is 6.32. The summed E-state index contributed by atoms with van der Waals surface area (Å²) in [6.45, 7) is 2.11. The number of alkyl halides is 2. The summed E-state index contributed by atoms with van der Waals surface area (Å²) in [6, 6.07) is 0. The summed E-state index contributed by atoms with van der Waals surface area (Å²) in [5.41, 5.74) is 0. The molecule has 8 heavy (non-hydrogen) atoms. The van der Waals surface area contributed by atoms with Crippen LogP contribution in [0.3, 0.4) is 0 Å². The van der Waals surface area contributed by atoms with E-state index in [9.17, 15) is 0 Å². The van der Waals surface area contributed by atoms with Crippen molar-refractivity contribution >= 4 is 23.2 Å². The molecule has 0 aliphatic heterocycles. The second kappa shape index (κ2) is 5.46. The number of unbranched alkanes of at least 4 members (excludes halogenated alkanes) is 1. The molecule has 0 aliphatic rings. The van der Waals surface area contributed by atoms with Crippen molar-refractivity contribution in [3.05, 3.63) is 12.2 Å². The minimum absolute atomic E-state index is 0.332. The van der Waals surface area contributed by atoms with Crippen LogP contribution in [0.15, 0.2) is 12.2 Å². The van der Waals surface area contributed by atoms with Crippen LogP contribution in [0.5, 0.6) is 0 Å². The van der Waals surface area contributed by atoms with Crippen LogP contribution in [0.4, 0.5) is 0 Å². The van der Waals surface area contributed by atoms with Crippen molar-refractivity contribution in [3.8, 4) is 0 Å². The summed E-state index contributed by atoms with van der Waals surface area (Å²) >= 11 is 10.8. The predicted octanol–water partition coefficient (Wildman–Crippen LogP) is 3.15. The molecule has 0 rings (SSSR count). The predicted molar refractivity (Wildman–Crippen MR) is 39.5 cm³/mol. The second-order valence-corrected chi connectivity index (χ2v) is 2.72. The Balaban J connectivity index is 3.07. The van der Waals surface area contributed by atoms with Gasteiger partial charge < -0.3 is 0 Å². The van der Waals surface area contributed by atoms with Crippen molar-refractivity contribution in [2.75, 3.05) is 0 Å². The molecule has 0 atom stereocenters. The van der Waals surface area contributed by atoms with E-state index in [-0.39, 0.29) is 4.84 Å². The van der Waals surface area contributed by atoms with Crippen molar-refractivity contribution in [2.45, 2.75) is 24.6 Å². The Kier molecular flexibility index (Phi) is 5.67. The summed E-state index contributed by atoms with van der Waals surface area (Å²) in [6.07, 6.45) is 5.99. The first kappa shape index (κ1) is 8.32. The molecule has 0 N–H and O–H groups in total. The van der Waals surface area contributed by atoms with Crippen LogP contribution in [0.1, 0.15) is 19.8 Å². The van der Waals surface area contributed by atoms with Crippen molar-refractivity contribution in [2.24, 2.45) is 0 Å². The van der Waals surface area contributed by atoms with Crippen molar-refractivity contribution in [3.63, 3.8) is 0 Å². The summed E-state index contributed by atoms with van der Waals surface area (Å²) in [5.74, 6) is 0. The Labute approximate surface area is 60.5 Å². The molecule has 0 heterocycles. The quantitative estimate of drug-likeness (QED) is 0.431. The lowest BCUT2D eigenvalue weighted by Gasteiger charge is -1.86. The third-order valence-corrected chi connectivity index (χ3v) is 1.03. The van der Waals surface area contributed by atoms with E-state index in [2.05, 4.69) is 6.92 Å². The lowest BCUT2D eigenvalue weighted by atomic mass is 10.3. The molecule has 0 fully saturated rings. The van der Waals surface area contributed by atoms with Gasteiger partial charge in [0, 0.05) is 0 Å². The zero-order chi connectivity index (χ0) is 6.41. The maximum absolute atomic E-state index is 5.39. The van der Waals surface area contributed by atoms with Gasteiger partial charge in [-0.15, -0.1) is 23.2 Å². The molecule has 0 aromatic heterocycles. The molecular weight excluding hydrogens is 143 g/mol. The smallest absolute Gasteiger partial charge is 0.101 e. The summed E-state index contributed by atoms with van der Waals surface area (Å²) in [7, 11) is 0. The molecule has 0 saturated heterocycles. The highest BCUT2D eigenvalue weighted by molar-refractivity contribution is 6.45. The van der Waals surface area contributed by atoms with Gasteiger partial charge in [-0.3, -0.25) is 0 Å². The molecule has 0 amide bonds. The fourth-order valence-corrected chi connectivity index (χ4v) is 0.571. The van der Waals surface area contributed by atoms with E-state index in [4.69, 9.17) is 23.2 Å². The van der Waals surface area contributed by atoms with E-state index in [0.717, 1.165) is 12.8 Å². The average molecular weight is 153 g/mol. The molecule has 0 aromatic carbocycles. The molecule has 0 aromatic rings. The Morgan fingerprint density at radius 3 is 2.50 bits per heavy atom. The van der Waals surface area contributed by atoms with Crippen molar-refractivity contribution in [1.29, 1.82) is 0 Å². The zero-order valence-electron chi connectivity index (χ0n) is 4.90. The first-order valence-electron chi connectivity index (χ1n) is 2.72. The number of halogens is 2. The SMILES string of the molecule is CCCC=CC(Cl)Cl. The highest BCUT2D eigenvalue weighted by Gasteiger charge is 1.85. The molecule has 0 radical (unpaired) electrons. The monoisotopic (exact) mass is 152 g/mol. The number of rotatable bonds is 3. The van der Waals surface area contributed by atoms with Gasteiger partial charge in [-0.05, 0) is 6.42 Å². The van der Waals surface area contributed by atoms with Crippen LogP contribution in [0.2, 0.25) is 0 Å². The first-order chi connectivity index (χ1) is 3.77. The molecule has 0 saturated carbocycles. The van der Waals surface area contributed by atoms with Crippen LogP contribution >= 0.6 is 23.2 Å². The van der Waals surface area contributed by atoms with Crippen LogP contribution < -0.4 is 0 Å². The standard InChI is InChI=1S/C6H10Cl2/c1-2-3-4-5-6(7)8/h4-6H,2-3H2,1H3. The topological polar surface area (TPSA) is 0 Å². The molecule has 0 nitrogen and oxygen atoms in total. The third-order valence-electron chi connectivity index (χ3n) is 0.737. The molecule has 0 unspecified atom stereocenters. The Morgan fingerprint density at radius 2 is 2.12 bits per heavy atom. The van der Waals surface area contributed by atoms with Gasteiger partial charge in [-0.25, -0.2) is 0 Å². The van der Waals surface area contributed by atoms with E-state index >= 15 is 0 Å². The fourth-order valence-electron chi connectivity index (χ4n) is 0.366. The highest BCUT2D eigenvalue weighted by atomic mass is 35.5. The maximum atomic E-state index is 5.39. The molecule has 0 bridgehead atoms. The van der Waals surface area contributed by atoms with E-state index in [1.807, 2.05) is 6.08 Å². The maximum Gasteiger partial charge on any atom is 0.125 e. The van der Waals surface area contributed by atoms with E-state index in [1.54, 1.807) is 6.08 Å². The summed E-state index contributed by atoms with van der Waals surface area (Å²) < 4.78 is 0. The first-order valence-corrected chi connectivity index (χ1v) is 3.59. The van der Waals surface area contributed by atoms with Crippen LogP contribution in [0.25, 0.3) is 0 Å². The second-order valence-electron chi connectivity index (χ2n) is 1.55. The number of hydrogen-bond donors (Lipinski definition) is 0. The van der Waals surface area contributed by atoms with Gasteiger partial charge in [0.1, 0.15) is 4.84 Å². The lowest BCUT2D eigenvalue weighted by molar-refractivity contribution is 0.956.